The Labute approximate surface area is 153 Å². The first-order valence-corrected chi connectivity index (χ1v) is 8.44. The Morgan fingerprint density at radius 1 is 1.36 bits per heavy atom. The van der Waals surface area contributed by atoms with Gasteiger partial charge in [-0.25, -0.2) is 4.90 Å². The van der Waals surface area contributed by atoms with Gasteiger partial charge in [-0.15, -0.1) is 0 Å². The second-order valence-corrected chi connectivity index (χ2v) is 6.79. The van der Waals surface area contributed by atoms with Crippen LogP contribution in [0.3, 0.4) is 0 Å². The molecule has 7 heteroatoms. The van der Waals surface area contributed by atoms with Gasteiger partial charge in [-0.2, -0.15) is 0 Å². The highest BCUT2D eigenvalue weighted by atomic mass is 79.9. The van der Waals surface area contributed by atoms with Crippen LogP contribution in [0.2, 0.25) is 0 Å². The van der Waals surface area contributed by atoms with Crippen molar-refractivity contribution in [2.24, 2.45) is 0 Å². The number of hydrogen-bond acceptors (Lipinski definition) is 5. The average Bonchev–Trinajstić information content (AvgIpc) is 2.92. The molecule has 6 nitrogen and oxygen atoms in total. The van der Waals surface area contributed by atoms with Crippen LogP contribution in [-0.4, -0.2) is 36.1 Å². The first-order chi connectivity index (χ1) is 11.8. The minimum Gasteiger partial charge on any atom is -0.462 e. The molecule has 0 saturated carbocycles. The maximum Gasteiger partial charge on any atom is 0.302 e. The predicted octanol–water partition coefficient (Wildman–Crippen LogP) is 2.30. The molecule has 2 amide bonds. The summed E-state index contributed by atoms with van der Waals surface area (Å²) < 4.78 is 11.6. The lowest BCUT2D eigenvalue weighted by Crippen LogP contribution is -2.49. The predicted molar refractivity (Wildman–Crippen MR) is 93.3 cm³/mol. The number of anilines is 1. The van der Waals surface area contributed by atoms with Crippen molar-refractivity contribution in [3.63, 3.8) is 0 Å². The molecule has 2 atom stereocenters. The number of esters is 1. The number of rotatable bonds is 3. The van der Waals surface area contributed by atoms with Crippen molar-refractivity contribution in [3.8, 4) is 0 Å². The molecule has 0 N–H and O–H groups in total. The molecule has 1 aromatic carbocycles. The van der Waals surface area contributed by atoms with Crippen molar-refractivity contribution in [1.82, 2.24) is 0 Å². The second-order valence-electron chi connectivity index (χ2n) is 5.93. The summed E-state index contributed by atoms with van der Waals surface area (Å²) in [4.78, 5) is 37.5. The summed E-state index contributed by atoms with van der Waals surface area (Å²) in [6.45, 7) is 3.02. The van der Waals surface area contributed by atoms with Crippen LogP contribution in [0.1, 0.15) is 12.5 Å². The largest absolute Gasteiger partial charge is 0.462 e. The van der Waals surface area contributed by atoms with Crippen molar-refractivity contribution < 1.29 is 23.9 Å². The molecule has 3 rings (SSSR count). The summed E-state index contributed by atoms with van der Waals surface area (Å²) in [5, 5.41) is 0. The summed E-state index contributed by atoms with van der Waals surface area (Å²) in [7, 11) is 0. The monoisotopic (exact) mass is 405 g/mol. The van der Waals surface area contributed by atoms with Gasteiger partial charge in [-0.3, -0.25) is 14.4 Å². The van der Waals surface area contributed by atoms with E-state index in [2.05, 4.69) is 15.9 Å². The van der Waals surface area contributed by atoms with Crippen LogP contribution in [-0.2, 0) is 23.9 Å². The number of imide groups is 1. The van der Waals surface area contributed by atoms with Gasteiger partial charge in [-0.1, -0.05) is 22.0 Å². The molecular formula is C18H16BrNO5. The molecule has 2 aliphatic heterocycles. The highest BCUT2D eigenvalue weighted by Gasteiger charge is 2.45. The van der Waals surface area contributed by atoms with Crippen LogP contribution in [0.25, 0.3) is 0 Å². The standard InChI is InChI=1S/C18H16BrNO5/c1-11-7-13(3-4-15(11)19)20-16(22)8-14-5-6-18(25-14,9-17(20)23)10-24-12(2)21/h3-9,14H,10H2,1-2H3. The van der Waals surface area contributed by atoms with E-state index >= 15 is 0 Å². The topological polar surface area (TPSA) is 72.9 Å². The number of halogens is 1. The molecule has 130 valence electrons. The fourth-order valence-electron chi connectivity index (χ4n) is 2.72. The SMILES string of the molecule is CC(=O)OCC12[CH]C(=O)N(c3ccc(Br)c(C)c3)C(=O)[CH]C(C=C1)O2. The maximum absolute atomic E-state index is 12.8. The normalized spacial score (nSPS) is 25.7. The minimum atomic E-state index is -1.17. The smallest absolute Gasteiger partial charge is 0.302 e. The van der Waals surface area contributed by atoms with Gasteiger partial charge in [0, 0.05) is 11.4 Å². The van der Waals surface area contributed by atoms with E-state index in [4.69, 9.17) is 9.47 Å². The lowest BCUT2D eigenvalue weighted by Gasteiger charge is -2.33. The van der Waals surface area contributed by atoms with Crippen LogP contribution in [0.4, 0.5) is 5.69 Å². The van der Waals surface area contributed by atoms with E-state index in [1.165, 1.54) is 19.8 Å². The third kappa shape index (κ3) is 3.67. The molecule has 2 heterocycles. The summed E-state index contributed by atoms with van der Waals surface area (Å²) in [5.41, 5.74) is 0.187. The maximum atomic E-state index is 12.8. The molecule has 2 unspecified atom stereocenters. The van der Waals surface area contributed by atoms with E-state index in [-0.39, 0.29) is 6.61 Å². The summed E-state index contributed by atoms with van der Waals surface area (Å²) in [5.74, 6) is -1.49. The van der Waals surface area contributed by atoms with Crippen molar-refractivity contribution >= 4 is 39.4 Å². The number of nitrogens with zero attached hydrogens (tertiary/aromatic N) is 1. The van der Waals surface area contributed by atoms with Gasteiger partial charge in [0.15, 0.2) is 0 Å². The number of benzene rings is 1. The van der Waals surface area contributed by atoms with E-state index in [1.807, 2.05) is 6.92 Å². The number of carbonyl (C=O) groups excluding carboxylic acids is 3. The number of fused-ring (bicyclic) bond motifs is 2. The number of carbonyl (C=O) groups is 3. The molecule has 2 bridgehead atoms. The van der Waals surface area contributed by atoms with Gasteiger partial charge >= 0.3 is 5.97 Å². The zero-order valence-electron chi connectivity index (χ0n) is 13.7. The summed E-state index contributed by atoms with van der Waals surface area (Å²) in [6.07, 6.45) is 5.31. The number of ether oxygens (including phenoxy) is 2. The van der Waals surface area contributed by atoms with Crippen LogP contribution in [0, 0.1) is 19.8 Å². The fourth-order valence-corrected chi connectivity index (χ4v) is 2.97. The molecule has 2 radical (unpaired) electrons. The van der Waals surface area contributed by atoms with Crippen molar-refractivity contribution in [2.45, 2.75) is 25.6 Å². The van der Waals surface area contributed by atoms with E-state index in [1.54, 1.807) is 30.4 Å². The van der Waals surface area contributed by atoms with Gasteiger partial charge in [0.1, 0.15) is 12.2 Å². The zero-order chi connectivity index (χ0) is 18.2. The van der Waals surface area contributed by atoms with Crippen molar-refractivity contribution in [1.29, 1.82) is 0 Å². The Bertz CT molecular complexity index is 775. The molecule has 0 aliphatic carbocycles. The second kappa shape index (κ2) is 6.72. The minimum absolute atomic E-state index is 0.129. The third-order valence-electron chi connectivity index (χ3n) is 3.94. The number of aryl methyl sites for hydroxylation is 1. The number of hydrogen-bond donors (Lipinski definition) is 0. The molecular weight excluding hydrogens is 390 g/mol. The average molecular weight is 406 g/mol. The Kier molecular flexibility index (Phi) is 4.79. The van der Waals surface area contributed by atoms with Crippen LogP contribution < -0.4 is 4.90 Å². The van der Waals surface area contributed by atoms with Gasteiger partial charge in [0.25, 0.3) is 0 Å². The van der Waals surface area contributed by atoms with Crippen LogP contribution in [0.5, 0.6) is 0 Å². The quantitative estimate of drug-likeness (QED) is 0.438. The van der Waals surface area contributed by atoms with Crippen molar-refractivity contribution in [2.75, 3.05) is 11.5 Å². The lowest BCUT2D eigenvalue weighted by atomic mass is 9.99. The van der Waals surface area contributed by atoms with E-state index < -0.39 is 29.5 Å². The molecule has 1 fully saturated rings. The first kappa shape index (κ1) is 17.8. The third-order valence-corrected chi connectivity index (χ3v) is 4.83. The van der Waals surface area contributed by atoms with E-state index in [9.17, 15) is 14.4 Å². The summed E-state index contributed by atoms with van der Waals surface area (Å²) >= 11 is 3.40. The van der Waals surface area contributed by atoms with Crippen LogP contribution in [0.15, 0.2) is 34.8 Å². The van der Waals surface area contributed by atoms with Gasteiger partial charge < -0.3 is 9.47 Å². The molecule has 0 spiro atoms. The lowest BCUT2D eigenvalue weighted by molar-refractivity contribution is -0.149. The highest BCUT2D eigenvalue weighted by molar-refractivity contribution is 9.10. The Balaban J connectivity index is 1.91. The number of amides is 2. The van der Waals surface area contributed by atoms with Gasteiger partial charge in [-0.05, 0) is 36.8 Å². The Hall–Kier alpha value is -1.99. The van der Waals surface area contributed by atoms with Crippen molar-refractivity contribution in [3.05, 3.63) is 53.2 Å². The summed E-state index contributed by atoms with van der Waals surface area (Å²) in [6, 6.07) is 5.21. The van der Waals surface area contributed by atoms with Gasteiger partial charge in [0.2, 0.25) is 11.8 Å². The Morgan fingerprint density at radius 2 is 2.12 bits per heavy atom. The van der Waals surface area contributed by atoms with Crippen LogP contribution >= 0.6 is 15.9 Å². The van der Waals surface area contributed by atoms with E-state index in [0.717, 1.165) is 14.9 Å². The molecule has 25 heavy (non-hydrogen) atoms. The van der Waals surface area contributed by atoms with Gasteiger partial charge in [0.05, 0.1) is 24.6 Å². The molecule has 2 aliphatic rings. The zero-order valence-corrected chi connectivity index (χ0v) is 15.3. The highest BCUT2D eigenvalue weighted by Crippen LogP contribution is 2.33. The first-order valence-electron chi connectivity index (χ1n) is 7.65. The van der Waals surface area contributed by atoms with E-state index in [0.29, 0.717) is 5.69 Å². The molecule has 1 aromatic rings. The fraction of sp³-hybridized carbons (Fsp3) is 0.278. The Morgan fingerprint density at radius 3 is 2.80 bits per heavy atom. The molecule has 0 aromatic heterocycles. The molecule has 1 saturated heterocycles.